The quantitative estimate of drug-likeness (QED) is 0.744. The molecule has 28 heavy (non-hydrogen) atoms. The summed E-state index contributed by atoms with van der Waals surface area (Å²) in [6, 6.07) is 14.3. The van der Waals surface area contributed by atoms with Crippen molar-refractivity contribution in [2.75, 3.05) is 12.0 Å². The van der Waals surface area contributed by atoms with Gasteiger partial charge < -0.3 is 0 Å². The first-order chi connectivity index (χ1) is 13.6. The SMILES string of the molecule is Cn1nccc1C1C2=NCC(=O)c3cc(F)cc(c32)NOC1c1ccccc1. The third-order valence-electron chi connectivity index (χ3n) is 5.25. The Morgan fingerprint density at radius 2 is 2.04 bits per heavy atom. The maximum atomic E-state index is 14.2. The van der Waals surface area contributed by atoms with Crippen LogP contribution < -0.4 is 5.48 Å². The number of halogens is 1. The fourth-order valence-electron chi connectivity index (χ4n) is 3.98. The molecular formula is C21H17FN4O2. The third-order valence-corrected chi connectivity index (χ3v) is 5.25. The maximum Gasteiger partial charge on any atom is 0.185 e. The molecule has 0 saturated carbocycles. The molecule has 0 saturated heterocycles. The monoisotopic (exact) mass is 376 g/mol. The van der Waals surface area contributed by atoms with Crippen molar-refractivity contribution < 1.29 is 14.0 Å². The highest BCUT2D eigenvalue weighted by Crippen LogP contribution is 2.43. The van der Waals surface area contributed by atoms with E-state index >= 15 is 0 Å². The van der Waals surface area contributed by atoms with Crippen LogP contribution in [0.1, 0.15) is 39.2 Å². The Morgan fingerprint density at radius 1 is 1.21 bits per heavy atom. The van der Waals surface area contributed by atoms with Crippen molar-refractivity contribution in [3.63, 3.8) is 0 Å². The molecule has 2 unspecified atom stereocenters. The Labute approximate surface area is 160 Å². The second-order valence-corrected chi connectivity index (χ2v) is 6.91. The first-order valence-electron chi connectivity index (χ1n) is 8.99. The van der Waals surface area contributed by atoms with E-state index in [1.165, 1.54) is 12.1 Å². The van der Waals surface area contributed by atoms with Gasteiger partial charge in [-0.25, -0.2) is 4.39 Å². The Kier molecular flexibility index (Phi) is 3.84. The Balaban J connectivity index is 1.77. The number of aryl methyl sites for hydroxylation is 1. The largest absolute Gasteiger partial charge is 0.292 e. The number of Topliss-reactive ketones (excluding diaryl/α,β-unsaturated/α-hetero) is 1. The van der Waals surface area contributed by atoms with Gasteiger partial charge in [-0.2, -0.15) is 5.10 Å². The number of aliphatic imine (C=N–C) groups is 1. The number of hydrogen-bond acceptors (Lipinski definition) is 5. The van der Waals surface area contributed by atoms with Crippen molar-refractivity contribution in [1.29, 1.82) is 0 Å². The second-order valence-electron chi connectivity index (χ2n) is 6.91. The number of rotatable bonds is 2. The summed E-state index contributed by atoms with van der Waals surface area (Å²) in [4.78, 5) is 23.1. The average molecular weight is 376 g/mol. The molecule has 0 bridgehead atoms. The van der Waals surface area contributed by atoms with Crippen LogP contribution in [0.4, 0.5) is 10.1 Å². The lowest BCUT2D eigenvalue weighted by Crippen LogP contribution is -2.28. The highest BCUT2D eigenvalue weighted by Gasteiger charge is 2.40. The van der Waals surface area contributed by atoms with E-state index in [0.717, 1.165) is 11.3 Å². The van der Waals surface area contributed by atoms with Gasteiger partial charge >= 0.3 is 0 Å². The van der Waals surface area contributed by atoms with Crippen molar-refractivity contribution in [3.05, 3.63) is 82.9 Å². The van der Waals surface area contributed by atoms with Crippen LogP contribution in [0, 0.1) is 5.82 Å². The Bertz CT molecular complexity index is 1110. The van der Waals surface area contributed by atoms with Gasteiger partial charge in [0.15, 0.2) is 5.78 Å². The van der Waals surface area contributed by atoms with Gasteiger partial charge in [0.05, 0.1) is 23.0 Å². The number of ketones is 1. The van der Waals surface area contributed by atoms with Crippen molar-refractivity contribution >= 4 is 17.2 Å². The number of nitrogens with zero attached hydrogens (tertiary/aromatic N) is 3. The molecule has 1 aromatic heterocycles. The number of carbonyl (C=O) groups excluding carboxylic acids is 1. The minimum Gasteiger partial charge on any atom is -0.292 e. The van der Waals surface area contributed by atoms with E-state index in [2.05, 4.69) is 15.6 Å². The standard InChI is InChI=1S/C21H17FN4O2/c1-26-16(7-8-24-26)19-20-18-14(17(27)11-23-20)9-13(22)10-15(18)25-28-21(19)12-5-3-2-4-6-12/h2-10,19,21,25H,11H2,1H3. The normalized spacial score (nSPS) is 20.8. The summed E-state index contributed by atoms with van der Waals surface area (Å²) < 4.78 is 15.9. The topological polar surface area (TPSA) is 68.5 Å². The highest BCUT2D eigenvalue weighted by atomic mass is 19.1. The zero-order chi connectivity index (χ0) is 19.3. The maximum absolute atomic E-state index is 14.2. The van der Waals surface area contributed by atoms with E-state index in [1.807, 2.05) is 43.4 Å². The molecule has 3 aromatic rings. The summed E-state index contributed by atoms with van der Waals surface area (Å²) in [5, 5.41) is 4.30. The summed E-state index contributed by atoms with van der Waals surface area (Å²) in [6.07, 6.45) is 1.28. The highest BCUT2D eigenvalue weighted by molar-refractivity contribution is 6.20. The number of carbonyl (C=O) groups is 1. The van der Waals surface area contributed by atoms with Gasteiger partial charge in [-0.05, 0) is 23.8 Å². The van der Waals surface area contributed by atoms with Gasteiger partial charge in [-0.1, -0.05) is 30.3 Å². The van der Waals surface area contributed by atoms with E-state index in [0.29, 0.717) is 22.5 Å². The molecule has 0 amide bonds. The molecule has 1 N–H and O–H groups in total. The van der Waals surface area contributed by atoms with Crippen LogP contribution >= 0.6 is 0 Å². The van der Waals surface area contributed by atoms with Gasteiger partial charge in [0.1, 0.15) is 18.5 Å². The van der Waals surface area contributed by atoms with Crippen LogP contribution in [-0.4, -0.2) is 27.8 Å². The zero-order valence-electron chi connectivity index (χ0n) is 15.1. The second kappa shape index (κ2) is 6.38. The van der Waals surface area contributed by atoms with Gasteiger partial charge in [0.25, 0.3) is 0 Å². The molecule has 140 valence electrons. The zero-order valence-corrected chi connectivity index (χ0v) is 15.1. The van der Waals surface area contributed by atoms with Crippen molar-refractivity contribution in [2.24, 2.45) is 12.0 Å². The lowest BCUT2D eigenvalue weighted by Gasteiger charge is -2.27. The van der Waals surface area contributed by atoms with Crippen molar-refractivity contribution in [3.8, 4) is 0 Å². The van der Waals surface area contributed by atoms with Crippen LogP contribution in [0.2, 0.25) is 0 Å². The molecule has 6 nitrogen and oxygen atoms in total. The molecule has 2 atom stereocenters. The molecule has 0 aliphatic carbocycles. The first-order valence-corrected chi connectivity index (χ1v) is 8.99. The van der Waals surface area contributed by atoms with E-state index < -0.39 is 11.9 Å². The molecule has 0 fully saturated rings. The fraction of sp³-hybridized carbons (Fsp3) is 0.190. The number of hydrogen-bond donors (Lipinski definition) is 1. The van der Waals surface area contributed by atoms with E-state index in [1.54, 1.807) is 10.9 Å². The lowest BCUT2D eigenvalue weighted by atomic mass is 9.82. The molecule has 5 rings (SSSR count). The molecule has 2 aliphatic rings. The summed E-state index contributed by atoms with van der Waals surface area (Å²) in [5.41, 5.74) is 6.76. The van der Waals surface area contributed by atoms with Gasteiger partial charge in [-0.15, -0.1) is 0 Å². The van der Waals surface area contributed by atoms with Crippen molar-refractivity contribution in [2.45, 2.75) is 12.0 Å². The first kappa shape index (κ1) is 16.8. The molecule has 0 spiro atoms. The van der Waals surface area contributed by atoms with E-state index in [9.17, 15) is 9.18 Å². The van der Waals surface area contributed by atoms with Crippen LogP contribution in [0.15, 0.2) is 59.7 Å². The molecular weight excluding hydrogens is 359 g/mol. The fourth-order valence-corrected chi connectivity index (χ4v) is 3.98. The van der Waals surface area contributed by atoms with Gasteiger partial charge in [0, 0.05) is 24.4 Å². The Hall–Kier alpha value is -3.32. The lowest BCUT2D eigenvalue weighted by molar-refractivity contribution is 0.0930. The molecule has 0 radical (unpaired) electrons. The number of benzene rings is 2. The summed E-state index contributed by atoms with van der Waals surface area (Å²) in [6.45, 7) is -0.0128. The number of anilines is 1. The predicted molar refractivity (Wildman–Crippen MR) is 102 cm³/mol. The summed E-state index contributed by atoms with van der Waals surface area (Å²) in [5.74, 6) is -1.01. The van der Waals surface area contributed by atoms with E-state index in [4.69, 9.17) is 4.84 Å². The minimum absolute atomic E-state index is 0.0128. The Morgan fingerprint density at radius 3 is 2.79 bits per heavy atom. The van der Waals surface area contributed by atoms with E-state index in [-0.39, 0.29) is 18.2 Å². The summed E-state index contributed by atoms with van der Waals surface area (Å²) >= 11 is 0. The molecule has 7 heteroatoms. The van der Waals surface area contributed by atoms with Crippen molar-refractivity contribution in [1.82, 2.24) is 9.78 Å². The van der Waals surface area contributed by atoms with Crippen LogP contribution in [0.3, 0.4) is 0 Å². The number of aromatic nitrogens is 2. The smallest absolute Gasteiger partial charge is 0.185 e. The van der Waals surface area contributed by atoms with Crippen LogP contribution in [0.25, 0.3) is 0 Å². The number of nitrogens with one attached hydrogen (secondary N) is 1. The molecule has 2 aromatic carbocycles. The average Bonchev–Trinajstić information content (AvgIpc) is 3.05. The van der Waals surface area contributed by atoms with Crippen LogP contribution in [0.5, 0.6) is 0 Å². The third kappa shape index (κ3) is 2.55. The predicted octanol–water partition coefficient (Wildman–Crippen LogP) is 3.43. The summed E-state index contributed by atoms with van der Waals surface area (Å²) in [7, 11) is 1.86. The van der Waals surface area contributed by atoms with Gasteiger partial charge in [0.2, 0.25) is 0 Å². The molecule has 2 aliphatic heterocycles. The minimum atomic E-state index is -0.491. The molecule has 3 heterocycles. The van der Waals surface area contributed by atoms with Gasteiger partial charge in [-0.3, -0.25) is 24.8 Å². The van der Waals surface area contributed by atoms with Crippen LogP contribution in [-0.2, 0) is 11.9 Å².